The van der Waals surface area contributed by atoms with Crippen LogP contribution in [0.15, 0.2) is 18.2 Å². The Bertz CT molecular complexity index is 684. The van der Waals surface area contributed by atoms with Crippen molar-refractivity contribution < 1.29 is 14.3 Å². The second kappa shape index (κ2) is 5.13. The number of carbonyl (C=O) groups excluding carboxylic acids is 2. The lowest BCUT2D eigenvalue weighted by molar-refractivity contribution is -0.176. The maximum atomic E-state index is 12.9. The topological polar surface area (TPSA) is 58.6 Å². The number of methoxy groups -OCH3 is 1. The van der Waals surface area contributed by atoms with Crippen molar-refractivity contribution in [2.24, 2.45) is 5.92 Å². The molecule has 5 rings (SSSR count). The molecule has 6 heteroatoms. The summed E-state index contributed by atoms with van der Waals surface area (Å²) in [7, 11) is 1.57. The third kappa shape index (κ3) is 2.13. The van der Waals surface area contributed by atoms with Gasteiger partial charge in [0, 0.05) is 18.0 Å². The molecule has 0 radical (unpaired) electrons. The molecule has 0 aromatic heterocycles. The van der Waals surface area contributed by atoms with Crippen molar-refractivity contribution in [2.45, 2.75) is 37.3 Å². The van der Waals surface area contributed by atoms with Gasteiger partial charge in [-0.25, -0.2) is 0 Å². The van der Waals surface area contributed by atoms with Crippen molar-refractivity contribution in [3.63, 3.8) is 0 Å². The SMILES string of the molecule is COc1cc(Cl)ccc1CC1NC(=O)C23CC(CCN2C1=O)C3. The van der Waals surface area contributed by atoms with Crippen LogP contribution < -0.4 is 10.1 Å². The molecule has 1 aromatic carbocycles. The van der Waals surface area contributed by atoms with Gasteiger partial charge in [0.1, 0.15) is 17.3 Å². The van der Waals surface area contributed by atoms with E-state index >= 15 is 0 Å². The molecule has 1 unspecified atom stereocenters. The molecule has 1 aliphatic carbocycles. The third-order valence-electron chi connectivity index (χ3n) is 5.50. The summed E-state index contributed by atoms with van der Waals surface area (Å²) in [5, 5.41) is 3.52. The smallest absolute Gasteiger partial charge is 0.246 e. The second-order valence-corrected chi connectivity index (χ2v) is 7.21. The highest BCUT2D eigenvalue weighted by molar-refractivity contribution is 6.30. The van der Waals surface area contributed by atoms with Gasteiger partial charge in [-0.1, -0.05) is 17.7 Å². The fourth-order valence-corrected chi connectivity index (χ4v) is 4.42. The number of rotatable bonds is 3. The summed E-state index contributed by atoms with van der Waals surface area (Å²) in [6, 6.07) is 4.82. The normalized spacial score (nSPS) is 32.0. The first-order chi connectivity index (χ1) is 11.0. The molecule has 2 bridgehead atoms. The zero-order valence-corrected chi connectivity index (χ0v) is 13.7. The molecule has 3 heterocycles. The highest BCUT2D eigenvalue weighted by Crippen LogP contribution is 2.50. The van der Waals surface area contributed by atoms with Crippen LogP contribution >= 0.6 is 11.6 Å². The number of piperazine rings is 1. The molecular formula is C17H19ClN2O3. The fourth-order valence-electron chi connectivity index (χ4n) is 4.26. The van der Waals surface area contributed by atoms with Gasteiger partial charge in [-0.15, -0.1) is 0 Å². The molecule has 1 aromatic rings. The molecule has 4 aliphatic rings. The highest BCUT2D eigenvalue weighted by atomic mass is 35.5. The number of carbonyl (C=O) groups is 2. The van der Waals surface area contributed by atoms with Crippen molar-refractivity contribution in [3.05, 3.63) is 28.8 Å². The van der Waals surface area contributed by atoms with E-state index in [2.05, 4.69) is 5.32 Å². The van der Waals surface area contributed by atoms with Crippen LogP contribution in [0.4, 0.5) is 0 Å². The van der Waals surface area contributed by atoms with Gasteiger partial charge in [-0.3, -0.25) is 9.59 Å². The molecule has 2 amide bonds. The number of fused-ring (bicyclic) bond motifs is 1. The first-order valence-electron chi connectivity index (χ1n) is 7.98. The number of hydrogen-bond donors (Lipinski definition) is 1. The Balaban J connectivity index is 1.58. The Labute approximate surface area is 139 Å². The Morgan fingerprint density at radius 3 is 2.91 bits per heavy atom. The summed E-state index contributed by atoms with van der Waals surface area (Å²) < 4.78 is 5.34. The molecule has 5 nitrogen and oxygen atoms in total. The summed E-state index contributed by atoms with van der Waals surface area (Å²) in [6.07, 6.45) is 3.07. The molecule has 1 saturated carbocycles. The quantitative estimate of drug-likeness (QED) is 0.916. The summed E-state index contributed by atoms with van der Waals surface area (Å²) in [6.45, 7) is 0.700. The number of nitrogens with one attached hydrogen (secondary N) is 1. The number of hydrogen-bond acceptors (Lipinski definition) is 3. The van der Waals surface area contributed by atoms with Crippen LogP contribution in [0.2, 0.25) is 5.02 Å². The van der Waals surface area contributed by atoms with Crippen LogP contribution in [-0.2, 0) is 16.0 Å². The van der Waals surface area contributed by atoms with Gasteiger partial charge in [0.15, 0.2) is 0 Å². The first-order valence-corrected chi connectivity index (χ1v) is 8.36. The molecule has 3 saturated heterocycles. The number of halogens is 1. The van der Waals surface area contributed by atoms with E-state index in [1.54, 1.807) is 19.2 Å². The largest absolute Gasteiger partial charge is 0.496 e. The van der Waals surface area contributed by atoms with Crippen LogP contribution in [0.3, 0.4) is 0 Å². The van der Waals surface area contributed by atoms with Crippen molar-refractivity contribution in [2.75, 3.05) is 13.7 Å². The van der Waals surface area contributed by atoms with Crippen LogP contribution in [0.25, 0.3) is 0 Å². The van der Waals surface area contributed by atoms with Gasteiger partial charge in [0.2, 0.25) is 11.8 Å². The maximum Gasteiger partial charge on any atom is 0.246 e. The summed E-state index contributed by atoms with van der Waals surface area (Å²) in [5.74, 6) is 1.28. The maximum absolute atomic E-state index is 12.9. The Hall–Kier alpha value is -1.75. The van der Waals surface area contributed by atoms with Gasteiger partial charge in [-0.05, 0) is 42.9 Å². The molecule has 1 spiro atoms. The minimum atomic E-state index is -0.555. The number of amides is 2. The van der Waals surface area contributed by atoms with E-state index in [1.165, 1.54) is 0 Å². The lowest BCUT2D eigenvalue weighted by Gasteiger charge is -2.60. The van der Waals surface area contributed by atoms with Crippen LogP contribution in [0.5, 0.6) is 5.75 Å². The predicted molar refractivity (Wildman–Crippen MR) is 85.4 cm³/mol. The standard InChI is InChI=1S/C17H19ClN2O3/c1-23-14-7-12(18)3-2-11(14)6-13-15(21)20-5-4-10-8-17(20,9-10)16(22)19-13/h2-3,7,10,13H,4-6,8-9H2,1H3,(H,19,22). The number of ether oxygens (including phenoxy) is 1. The van der Waals surface area contributed by atoms with E-state index in [0.29, 0.717) is 29.7 Å². The molecule has 3 aliphatic heterocycles. The lowest BCUT2D eigenvalue weighted by atomic mass is 9.61. The predicted octanol–water partition coefficient (Wildman–Crippen LogP) is 1.77. The summed E-state index contributed by atoms with van der Waals surface area (Å²) >= 11 is 5.98. The number of benzene rings is 1. The van der Waals surface area contributed by atoms with E-state index in [0.717, 1.165) is 24.8 Å². The zero-order chi connectivity index (χ0) is 16.2. The molecule has 1 atom stereocenters. The Kier molecular flexibility index (Phi) is 3.30. The third-order valence-corrected chi connectivity index (χ3v) is 5.73. The van der Waals surface area contributed by atoms with Gasteiger partial charge >= 0.3 is 0 Å². The van der Waals surface area contributed by atoms with E-state index < -0.39 is 11.6 Å². The average molecular weight is 335 g/mol. The van der Waals surface area contributed by atoms with Gasteiger partial charge in [-0.2, -0.15) is 0 Å². The van der Waals surface area contributed by atoms with E-state index in [1.807, 2.05) is 11.0 Å². The number of piperidine rings is 2. The minimum absolute atomic E-state index is 0.00554. The Morgan fingerprint density at radius 1 is 1.39 bits per heavy atom. The zero-order valence-electron chi connectivity index (χ0n) is 13.0. The molecule has 23 heavy (non-hydrogen) atoms. The molecule has 1 N–H and O–H groups in total. The molecular weight excluding hydrogens is 316 g/mol. The highest BCUT2D eigenvalue weighted by Gasteiger charge is 2.61. The summed E-state index contributed by atoms with van der Waals surface area (Å²) in [4.78, 5) is 27.3. The van der Waals surface area contributed by atoms with Crippen molar-refractivity contribution in [1.29, 1.82) is 0 Å². The van der Waals surface area contributed by atoms with Crippen molar-refractivity contribution >= 4 is 23.4 Å². The fraction of sp³-hybridized carbons (Fsp3) is 0.529. The van der Waals surface area contributed by atoms with E-state index in [4.69, 9.17) is 16.3 Å². The van der Waals surface area contributed by atoms with Crippen molar-refractivity contribution in [1.82, 2.24) is 10.2 Å². The van der Waals surface area contributed by atoms with Gasteiger partial charge in [0.25, 0.3) is 0 Å². The molecule has 122 valence electrons. The average Bonchev–Trinajstić information content (AvgIpc) is 2.52. The van der Waals surface area contributed by atoms with Crippen LogP contribution in [0.1, 0.15) is 24.8 Å². The monoisotopic (exact) mass is 334 g/mol. The van der Waals surface area contributed by atoms with Crippen molar-refractivity contribution in [3.8, 4) is 5.75 Å². The van der Waals surface area contributed by atoms with Gasteiger partial charge in [0.05, 0.1) is 7.11 Å². The first kappa shape index (κ1) is 14.8. The van der Waals surface area contributed by atoms with Crippen LogP contribution in [0, 0.1) is 5.92 Å². The van der Waals surface area contributed by atoms with E-state index in [-0.39, 0.29) is 11.8 Å². The molecule has 4 fully saturated rings. The number of nitrogens with zero attached hydrogens (tertiary/aromatic N) is 1. The second-order valence-electron chi connectivity index (χ2n) is 6.77. The Morgan fingerprint density at radius 2 is 2.17 bits per heavy atom. The summed E-state index contributed by atoms with van der Waals surface area (Å²) in [5.41, 5.74) is 0.315. The van der Waals surface area contributed by atoms with E-state index in [9.17, 15) is 9.59 Å². The lowest BCUT2D eigenvalue weighted by Crippen LogP contribution is -2.77. The van der Waals surface area contributed by atoms with Gasteiger partial charge < -0.3 is 15.0 Å². The van der Waals surface area contributed by atoms with Crippen LogP contribution in [-0.4, -0.2) is 41.9 Å². The minimum Gasteiger partial charge on any atom is -0.496 e.